The maximum absolute atomic E-state index is 14.5. The van der Waals surface area contributed by atoms with Crippen LogP contribution in [0.5, 0.6) is 0 Å². The molecule has 0 saturated heterocycles. The van der Waals surface area contributed by atoms with Gasteiger partial charge in [-0.05, 0) is 42.8 Å². The van der Waals surface area contributed by atoms with E-state index < -0.39 is 23.2 Å². The van der Waals surface area contributed by atoms with Gasteiger partial charge in [0.1, 0.15) is 22.5 Å². The number of fused-ring (bicyclic) bond motifs is 1. The summed E-state index contributed by atoms with van der Waals surface area (Å²) in [7, 11) is 1.20. The highest BCUT2D eigenvalue weighted by molar-refractivity contribution is 6.30. The largest absolute Gasteiger partial charge is 0.464 e. The standard InChI is InChI=1S/C22H16ClF2N3O3/c1-11-6-15-17(8-16(11)25)28(10-12-7-13(24)9-27-20(12)23)19(22(30)31-2)18(15)14-4-3-5-26-21(14)29/h3-9H,10H2,1-2H3,(H,26,29). The molecule has 31 heavy (non-hydrogen) atoms. The van der Waals surface area contributed by atoms with Crippen molar-refractivity contribution in [1.29, 1.82) is 0 Å². The summed E-state index contributed by atoms with van der Waals surface area (Å²) in [6.45, 7) is 1.48. The highest BCUT2D eigenvalue weighted by Gasteiger charge is 2.27. The summed E-state index contributed by atoms with van der Waals surface area (Å²) in [6.07, 6.45) is 2.44. The topological polar surface area (TPSA) is 77.0 Å². The van der Waals surface area contributed by atoms with Crippen LogP contribution in [0, 0.1) is 18.6 Å². The van der Waals surface area contributed by atoms with E-state index in [2.05, 4.69) is 9.97 Å². The Kier molecular flexibility index (Phi) is 5.32. The average Bonchev–Trinajstić information content (AvgIpc) is 3.04. The minimum atomic E-state index is -0.743. The van der Waals surface area contributed by atoms with Crippen molar-refractivity contribution in [3.63, 3.8) is 0 Å². The molecule has 3 heterocycles. The average molecular weight is 444 g/mol. The highest BCUT2D eigenvalue weighted by Crippen LogP contribution is 2.36. The Morgan fingerprint density at radius 1 is 1.29 bits per heavy atom. The van der Waals surface area contributed by atoms with Crippen LogP contribution in [0.2, 0.25) is 5.15 Å². The molecule has 4 rings (SSSR count). The fourth-order valence-corrected chi connectivity index (χ4v) is 3.75. The van der Waals surface area contributed by atoms with Gasteiger partial charge >= 0.3 is 5.97 Å². The van der Waals surface area contributed by atoms with Crippen molar-refractivity contribution < 1.29 is 18.3 Å². The number of ether oxygens (including phenoxy) is 1. The van der Waals surface area contributed by atoms with E-state index in [1.54, 1.807) is 25.1 Å². The fourth-order valence-electron chi connectivity index (χ4n) is 3.59. The van der Waals surface area contributed by atoms with Gasteiger partial charge in [0.25, 0.3) is 5.56 Å². The summed E-state index contributed by atoms with van der Waals surface area (Å²) in [5, 5.41) is 0.502. The molecule has 0 amide bonds. The second-order valence-electron chi connectivity index (χ2n) is 6.94. The number of nitrogens with one attached hydrogen (secondary N) is 1. The molecule has 0 spiro atoms. The Balaban J connectivity index is 2.13. The van der Waals surface area contributed by atoms with E-state index >= 15 is 0 Å². The van der Waals surface area contributed by atoms with Crippen LogP contribution in [-0.2, 0) is 11.3 Å². The number of pyridine rings is 2. The lowest BCUT2D eigenvalue weighted by atomic mass is 10.0. The molecule has 1 N–H and O–H groups in total. The fraction of sp³-hybridized carbons (Fsp3) is 0.136. The number of hydrogen-bond donors (Lipinski definition) is 1. The van der Waals surface area contributed by atoms with Gasteiger partial charge in [-0.2, -0.15) is 0 Å². The molecule has 9 heteroatoms. The van der Waals surface area contributed by atoms with Gasteiger partial charge in [-0.3, -0.25) is 4.79 Å². The summed E-state index contributed by atoms with van der Waals surface area (Å²) < 4.78 is 34.7. The predicted molar refractivity (Wildman–Crippen MR) is 112 cm³/mol. The van der Waals surface area contributed by atoms with Crippen molar-refractivity contribution in [2.75, 3.05) is 7.11 Å². The molecule has 0 atom stereocenters. The van der Waals surface area contributed by atoms with E-state index in [1.165, 1.54) is 30.0 Å². The minimum absolute atomic E-state index is 0.0135. The zero-order valence-electron chi connectivity index (χ0n) is 16.5. The first-order valence-corrected chi connectivity index (χ1v) is 9.58. The van der Waals surface area contributed by atoms with Crippen molar-refractivity contribution in [2.24, 2.45) is 0 Å². The van der Waals surface area contributed by atoms with E-state index in [0.29, 0.717) is 16.5 Å². The van der Waals surface area contributed by atoms with Crippen LogP contribution in [0.25, 0.3) is 22.0 Å². The van der Waals surface area contributed by atoms with E-state index in [9.17, 15) is 18.4 Å². The molecule has 0 aliphatic heterocycles. The summed E-state index contributed by atoms with van der Waals surface area (Å²) >= 11 is 6.13. The maximum atomic E-state index is 14.5. The number of H-pyrrole nitrogens is 1. The number of carbonyl (C=O) groups excluding carboxylic acids is 1. The number of benzene rings is 1. The molecule has 6 nitrogen and oxygen atoms in total. The molecule has 0 fully saturated rings. The number of methoxy groups -OCH3 is 1. The third-order valence-corrected chi connectivity index (χ3v) is 5.36. The van der Waals surface area contributed by atoms with E-state index in [-0.39, 0.29) is 34.1 Å². The zero-order valence-corrected chi connectivity index (χ0v) is 17.3. The minimum Gasteiger partial charge on any atom is -0.464 e. The van der Waals surface area contributed by atoms with Crippen LogP contribution < -0.4 is 5.56 Å². The third-order valence-electron chi connectivity index (χ3n) is 5.02. The lowest BCUT2D eigenvalue weighted by molar-refractivity contribution is 0.0590. The maximum Gasteiger partial charge on any atom is 0.355 e. The predicted octanol–water partition coefficient (Wildman–Crippen LogP) is 4.47. The molecule has 0 aliphatic rings. The summed E-state index contributed by atoms with van der Waals surface area (Å²) in [4.78, 5) is 31.8. The number of aryl methyl sites for hydroxylation is 1. The number of hydrogen-bond acceptors (Lipinski definition) is 4. The molecule has 0 bridgehead atoms. The van der Waals surface area contributed by atoms with E-state index in [0.717, 1.165) is 6.20 Å². The number of nitrogens with zero attached hydrogens (tertiary/aromatic N) is 2. The molecular formula is C22H16ClF2N3O3. The molecule has 4 aromatic rings. The van der Waals surface area contributed by atoms with Gasteiger partial charge in [-0.15, -0.1) is 0 Å². The lowest BCUT2D eigenvalue weighted by Gasteiger charge is -2.12. The van der Waals surface area contributed by atoms with Gasteiger partial charge in [-0.25, -0.2) is 18.6 Å². The Morgan fingerprint density at radius 3 is 2.77 bits per heavy atom. The molecular weight excluding hydrogens is 428 g/mol. The number of carbonyl (C=O) groups is 1. The monoisotopic (exact) mass is 443 g/mol. The quantitative estimate of drug-likeness (QED) is 0.373. The molecule has 3 aromatic heterocycles. The van der Waals surface area contributed by atoms with Crippen molar-refractivity contribution in [3.8, 4) is 11.1 Å². The van der Waals surface area contributed by atoms with E-state index in [4.69, 9.17) is 16.3 Å². The highest BCUT2D eigenvalue weighted by atomic mass is 35.5. The van der Waals surface area contributed by atoms with Gasteiger partial charge in [0.05, 0.1) is 25.4 Å². The van der Waals surface area contributed by atoms with Crippen LogP contribution in [0.3, 0.4) is 0 Å². The Labute approximate surface area is 180 Å². The number of aromatic nitrogens is 3. The first-order valence-electron chi connectivity index (χ1n) is 9.20. The Morgan fingerprint density at radius 2 is 2.06 bits per heavy atom. The second kappa shape index (κ2) is 7.96. The molecule has 0 radical (unpaired) electrons. The first kappa shape index (κ1) is 20.7. The summed E-state index contributed by atoms with van der Waals surface area (Å²) in [5.74, 6) is -1.86. The SMILES string of the molecule is COC(=O)c1c(-c2ccc[nH]c2=O)c2cc(C)c(F)cc2n1Cc1cc(F)cnc1Cl. The van der Waals surface area contributed by atoms with Crippen LogP contribution in [0.4, 0.5) is 8.78 Å². The normalized spacial score (nSPS) is 11.1. The molecule has 1 aromatic carbocycles. The van der Waals surface area contributed by atoms with Crippen molar-refractivity contribution in [2.45, 2.75) is 13.5 Å². The molecule has 0 unspecified atom stereocenters. The van der Waals surface area contributed by atoms with Crippen LogP contribution in [0.1, 0.15) is 21.6 Å². The van der Waals surface area contributed by atoms with Crippen molar-refractivity contribution in [1.82, 2.24) is 14.5 Å². The van der Waals surface area contributed by atoms with Crippen LogP contribution >= 0.6 is 11.6 Å². The van der Waals surface area contributed by atoms with Crippen molar-refractivity contribution >= 4 is 28.5 Å². The number of aromatic amines is 1. The molecule has 0 aliphatic carbocycles. The smallest absolute Gasteiger partial charge is 0.355 e. The number of rotatable bonds is 4. The van der Waals surface area contributed by atoms with Crippen LogP contribution in [0.15, 0.2) is 47.5 Å². The number of esters is 1. The van der Waals surface area contributed by atoms with Crippen molar-refractivity contribution in [3.05, 3.63) is 86.7 Å². The second-order valence-corrected chi connectivity index (χ2v) is 7.29. The van der Waals surface area contributed by atoms with Crippen LogP contribution in [-0.4, -0.2) is 27.6 Å². The van der Waals surface area contributed by atoms with E-state index in [1.807, 2.05) is 0 Å². The lowest BCUT2D eigenvalue weighted by Crippen LogP contribution is -2.15. The van der Waals surface area contributed by atoms with Gasteiger partial charge < -0.3 is 14.3 Å². The first-order chi connectivity index (χ1) is 14.8. The Hall–Kier alpha value is -3.52. The Bertz CT molecular complexity index is 1400. The van der Waals surface area contributed by atoms with Gasteiger partial charge in [-0.1, -0.05) is 11.6 Å². The summed E-state index contributed by atoms with van der Waals surface area (Å²) in [5.41, 5.74) is 1.01. The third kappa shape index (κ3) is 3.59. The number of halogens is 3. The zero-order chi connectivity index (χ0) is 22.3. The molecule has 0 saturated carbocycles. The summed E-state index contributed by atoms with van der Waals surface area (Å²) in [6, 6.07) is 7.17. The van der Waals surface area contributed by atoms with Gasteiger partial charge in [0, 0.05) is 28.3 Å². The van der Waals surface area contributed by atoms with Gasteiger partial charge in [0.2, 0.25) is 0 Å². The molecule has 158 valence electrons. The van der Waals surface area contributed by atoms with Gasteiger partial charge in [0.15, 0.2) is 0 Å².